The maximum Gasteiger partial charge on any atom is 0.408 e. The van der Waals surface area contributed by atoms with Gasteiger partial charge in [0.2, 0.25) is 0 Å². The van der Waals surface area contributed by atoms with Crippen molar-refractivity contribution in [2.45, 2.75) is 65.9 Å². The van der Waals surface area contributed by atoms with Gasteiger partial charge in [-0.3, -0.25) is 10.1 Å². The number of benzene rings is 1. The Labute approximate surface area is 181 Å². The molecule has 2 rings (SSSR count). The molecule has 1 aromatic rings. The van der Waals surface area contributed by atoms with Crippen molar-refractivity contribution in [1.82, 2.24) is 5.32 Å². The van der Waals surface area contributed by atoms with Gasteiger partial charge < -0.3 is 30.1 Å². The first kappa shape index (κ1) is 24.2. The SMILES string of the molecule is CC(C)CC(NC(=O)OC(C)(C)C)/C(N)=N/OCc1cc([N+](=O)[O-])cc2c1OCOC2. The van der Waals surface area contributed by atoms with Crippen molar-refractivity contribution in [2.24, 2.45) is 16.8 Å². The Morgan fingerprint density at radius 2 is 2.10 bits per heavy atom. The molecule has 3 N–H and O–H groups in total. The number of amides is 1. The van der Waals surface area contributed by atoms with E-state index in [0.29, 0.717) is 23.3 Å². The van der Waals surface area contributed by atoms with Crippen molar-refractivity contribution >= 4 is 17.6 Å². The molecule has 0 spiro atoms. The molecule has 11 heteroatoms. The third-order valence-electron chi connectivity index (χ3n) is 4.13. The van der Waals surface area contributed by atoms with Gasteiger partial charge in [0, 0.05) is 23.3 Å². The number of oxime groups is 1. The number of nitrogens with one attached hydrogen (secondary N) is 1. The number of amidine groups is 1. The molecule has 1 aromatic carbocycles. The molecule has 0 saturated heterocycles. The summed E-state index contributed by atoms with van der Waals surface area (Å²) in [6, 6.07) is 2.16. The molecule has 0 bridgehead atoms. The summed E-state index contributed by atoms with van der Waals surface area (Å²) in [6.45, 7) is 9.38. The van der Waals surface area contributed by atoms with Gasteiger partial charge in [0.1, 0.15) is 18.0 Å². The van der Waals surface area contributed by atoms with Crippen LogP contribution in [0.2, 0.25) is 0 Å². The Balaban J connectivity index is 2.12. The second kappa shape index (κ2) is 10.3. The summed E-state index contributed by atoms with van der Waals surface area (Å²) in [7, 11) is 0. The van der Waals surface area contributed by atoms with Gasteiger partial charge in [-0.25, -0.2) is 4.79 Å². The highest BCUT2D eigenvalue weighted by Crippen LogP contribution is 2.33. The van der Waals surface area contributed by atoms with E-state index in [2.05, 4.69) is 10.5 Å². The minimum absolute atomic E-state index is 0.0412. The monoisotopic (exact) mass is 438 g/mol. The molecule has 1 atom stereocenters. The fourth-order valence-corrected chi connectivity index (χ4v) is 2.91. The van der Waals surface area contributed by atoms with Gasteiger partial charge in [-0.1, -0.05) is 19.0 Å². The lowest BCUT2D eigenvalue weighted by Crippen LogP contribution is -2.47. The number of nitrogens with two attached hydrogens (primary N) is 1. The molecular formula is C20H30N4O7. The Kier molecular flexibility index (Phi) is 8.03. The molecular weight excluding hydrogens is 408 g/mol. The van der Waals surface area contributed by atoms with Crippen molar-refractivity contribution in [3.05, 3.63) is 33.4 Å². The molecule has 0 saturated carbocycles. The first-order valence-electron chi connectivity index (χ1n) is 9.92. The lowest BCUT2D eigenvalue weighted by atomic mass is 10.0. The lowest BCUT2D eigenvalue weighted by molar-refractivity contribution is -0.385. The standard InChI is InChI=1S/C20H30N4O7/c1-12(2)6-16(22-19(25)31-20(3,4)5)18(21)23-30-10-14-8-15(24(26)27)7-13-9-28-11-29-17(13)14/h7-8,12,16H,6,9-11H2,1-5H3,(H2,21,23)(H,22,25). The summed E-state index contributed by atoms with van der Waals surface area (Å²) in [5.41, 5.74) is 6.30. The molecule has 11 nitrogen and oxygen atoms in total. The van der Waals surface area contributed by atoms with E-state index in [4.69, 9.17) is 24.8 Å². The van der Waals surface area contributed by atoms with Crippen LogP contribution in [0.5, 0.6) is 5.75 Å². The van der Waals surface area contributed by atoms with Gasteiger partial charge in [-0.05, 0) is 33.1 Å². The van der Waals surface area contributed by atoms with Gasteiger partial charge in [0.15, 0.2) is 12.6 Å². The number of rotatable bonds is 8. The summed E-state index contributed by atoms with van der Waals surface area (Å²) in [4.78, 5) is 28.2. The van der Waals surface area contributed by atoms with Crippen LogP contribution in [0.15, 0.2) is 17.3 Å². The molecule has 1 aliphatic heterocycles. The molecule has 172 valence electrons. The normalized spacial score (nSPS) is 15.0. The summed E-state index contributed by atoms with van der Waals surface area (Å²) < 4.78 is 15.9. The van der Waals surface area contributed by atoms with Crippen LogP contribution in [-0.4, -0.2) is 35.3 Å². The van der Waals surface area contributed by atoms with Crippen molar-refractivity contribution in [1.29, 1.82) is 0 Å². The first-order chi connectivity index (χ1) is 14.5. The van der Waals surface area contributed by atoms with Crippen LogP contribution in [0.25, 0.3) is 0 Å². The average Bonchev–Trinajstić information content (AvgIpc) is 2.65. The number of non-ortho nitro benzene ring substituents is 1. The molecule has 31 heavy (non-hydrogen) atoms. The maximum atomic E-state index is 12.1. The zero-order valence-electron chi connectivity index (χ0n) is 18.5. The van der Waals surface area contributed by atoms with E-state index < -0.39 is 22.7 Å². The molecule has 1 amide bonds. The van der Waals surface area contributed by atoms with E-state index in [0.717, 1.165) is 0 Å². The summed E-state index contributed by atoms with van der Waals surface area (Å²) >= 11 is 0. The summed E-state index contributed by atoms with van der Waals surface area (Å²) in [5, 5.41) is 17.8. The fraction of sp³-hybridized carbons (Fsp3) is 0.600. The highest BCUT2D eigenvalue weighted by Gasteiger charge is 2.24. The van der Waals surface area contributed by atoms with Gasteiger partial charge >= 0.3 is 6.09 Å². The van der Waals surface area contributed by atoms with E-state index in [1.165, 1.54) is 12.1 Å². The zero-order valence-corrected chi connectivity index (χ0v) is 18.5. The highest BCUT2D eigenvalue weighted by molar-refractivity contribution is 5.88. The third kappa shape index (κ3) is 7.59. The number of fused-ring (bicyclic) bond motifs is 1. The van der Waals surface area contributed by atoms with Crippen molar-refractivity contribution < 1.29 is 28.8 Å². The number of alkyl carbamates (subject to hydrolysis) is 1. The molecule has 0 radical (unpaired) electrons. The molecule has 1 heterocycles. The predicted octanol–water partition coefficient (Wildman–Crippen LogP) is 3.19. The second-order valence-electron chi connectivity index (χ2n) is 8.58. The van der Waals surface area contributed by atoms with Gasteiger partial charge in [-0.15, -0.1) is 0 Å². The van der Waals surface area contributed by atoms with Crippen molar-refractivity contribution in [3.63, 3.8) is 0 Å². The lowest BCUT2D eigenvalue weighted by Gasteiger charge is -2.24. The average molecular weight is 438 g/mol. The van der Waals surface area contributed by atoms with Gasteiger partial charge in [-0.2, -0.15) is 0 Å². The smallest absolute Gasteiger partial charge is 0.408 e. The minimum atomic E-state index is -0.653. The Morgan fingerprint density at radius 1 is 1.39 bits per heavy atom. The van der Waals surface area contributed by atoms with E-state index >= 15 is 0 Å². The largest absolute Gasteiger partial charge is 0.467 e. The molecule has 1 aliphatic rings. The number of ether oxygens (including phenoxy) is 3. The van der Waals surface area contributed by atoms with Crippen LogP contribution in [0.1, 0.15) is 52.2 Å². The van der Waals surface area contributed by atoms with Crippen molar-refractivity contribution in [2.75, 3.05) is 6.79 Å². The van der Waals surface area contributed by atoms with Crippen molar-refractivity contribution in [3.8, 4) is 5.75 Å². The quantitative estimate of drug-likeness (QED) is 0.272. The Morgan fingerprint density at radius 3 is 2.71 bits per heavy atom. The van der Waals surface area contributed by atoms with E-state index in [-0.39, 0.29) is 37.4 Å². The number of nitro groups is 1. The first-order valence-corrected chi connectivity index (χ1v) is 9.92. The van der Waals surface area contributed by atoms with E-state index in [1.54, 1.807) is 20.8 Å². The summed E-state index contributed by atoms with van der Waals surface area (Å²) in [6.07, 6.45) is -0.0950. The fourth-order valence-electron chi connectivity index (χ4n) is 2.91. The highest BCUT2D eigenvalue weighted by atomic mass is 16.7. The number of hydrogen-bond acceptors (Lipinski definition) is 8. The topological polar surface area (TPSA) is 148 Å². The van der Waals surface area contributed by atoms with E-state index in [1.807, 2.05) is 13.8 Å². The Bertz CT molecular complexity index is 834. The summed E-state index contributed by atoms with van der Waals surface area (Å²) in [5.74, 6) is 0.741. The maximum absolute atomic E-state index is 12.1. The van der Waals surface area contributed by atoms with Gasteiger partial charge in [0.25, 0.3) is 5.69 Å². The third-order valence-corrected chi connectivity index (χ3v) is 4.13. The van der Waals surface area contributed by atoms with Crippen LogP contribution in [0, 0.1) is 16.0 Å². The zero-order chi connectivity index (χ0) is 23.2. The van der Waals surface area contributed by atoms with Crippen LogP contribution in [-0.2, 0) is 27.5 Å². The number of nitro benzene ring substituents is 1. The van der Waals surface area contributed by atoms with Gasteiger partial charge in [0.05, 0.1) is 17.6 Å². The molecule has 1 unspecified atom stereocenters. The van der Waals surface area contributed by atoms with Crippen LogP contribution in [0.3, 0.4) is 0 Å². The number of hydrogen-bond donors (Lipinski definition) is 2. The predicted molar refractivity (Wildman–Crippen MR) is 112 cm³/mol. The number of nitrogens with zero attached hydrogens (tertiary/aromatic N) is 2. The van der Waals surface area contributed by atoms with Crippen LogP contribution in [0.4, 0.5) is 10.5 Å². The van der Waals surface area contributed by atoms with Crippen LogP contribution < -0.4 is 15.8 Å². The molecule has 0 aromatic heterocycles. The second-order valence-corrected chi connectivity index (χ2v) is 8.58. The minimum Gasteiger partial charge on any atom is -0.467 e. The van der Waals surface area contributed by atoms with E-state index in [9.17, 15) is 14.9 Å². The molecule has 0 aliphatic carbocycles. The number of carbonyl (C=O) groups excluding carboxylic acids is 1. The molecule has 0 fully saturated rings. The van der Waals surface area contributed by atoms with Crippen LogP contribution >= 0.6 is 0 Å². The number of carbonyl (C=O) groups is 1. The Hall–Kier alpha value is -3.08.